The number of hydrogen-bond acceptors (Lipinski definition) is 5. The number of rotatable bonds is 5. The van der Waals surface area contributed by atoms with Crippen LogP contribution in [0.2, 0.25) is 0 Å². The van der Waals surface area contributed by atoms with E-state index in [1.807, 2.05) is 66.7 Å². The summed E-state index contributed by atoms with van der Waals surface area (Å²) >= 11 is 1.73. The van der Waals surface area contributed by atoms with Gasteiger partial charge in [0, 0.05) is 22.3 Å². The number of aromatic nitrogens is 4. The van der Waals surface area contributed by atoms with Gasteiger partial charge in [0.2, 0.25) is 0 Å². The Morgan fingerprint density at radius 3 is 1.42 bits per heavy atom. The minimum atomic E-state index is 0.656. The predicted octanol–water partition coefficient (Wildman–Crippen LogP) is 9.97. The van der Waals surface area contributed by atoms with Gasteiger partial charge in [0.25, 0.3) is 0 Å². The maximum absolute atomic E-state index is 4.90. The van der Waals surface area contributed by atoms with Crippen molar-refractivity contribution in [2.45, 2.75) is 0 Å². The summed E-state index contributed by atoms with van der Waals surface area (Å²) in [6.07, 6.45) is 0. The Hall–Kier alpha value is -5.52. The highest BCUT2D eigenvalue weighted by molar-refractivity contribution is 7.21. The van der Waals surface area contributed by atoms with Crippen molar-refractivity contribution in [3.05, 3.63) is 146 Å². The molecule has 0 saturated heterocycles. The lowest BCUT2D eigenvalue weighted by atomic mass is 9.99. The molecule has 0 atom stereocenters. The van der Waals surface area contributed by atoms with Crippen molar-refractivity contribution in [1.82, 2.24) is 19.9 Å². The fraction of sp³-hybridized carbons (Fsp3) is 0. The first kappa shape index (κ1) is 25.2. The smallest absolute Gasteiger partial charge is 0.164 e. The molecule has 43 heavy (non-hydrogen) atoms. The highest BCUT2D eigenvalue weighted by Gasteiger charge is 2.13. The highest BCUT2D eigenvalue weighted by atomic mass is 32.1. The van der Waals surface area contributed by atoms with E-state index in [0.29, 0.717) is 17.5 Å². The van der Waals surface area contributed by atoms with Crippen molar-refractivity contribution >= 4 is 32.3 Å². The summed E-state index contributed by atoms with van der Waals surface area (Å²) in [6, 6.07) is 50.0. The van der Waals surface area contributed by atoms with Crippen LogP contribution in [0.4, 0.5) is 0 Å². The van der Waals surface area contributed by atoms with Crippen LogP contribution in [0.15, 0.2) is 146 Å². The Kier molecular flexibility index (Phi) is 6.28. The fourth-order valence-electron chi connectivity index (χ4n) is 5.31. The first-order valence-corrected chi connectivity index (χ1v) is 15.0. The van der Waals surface area contributed by atoms with Gasteiger partial charge in [-0.3, -0.25) is 0 Å². The molecule has 0 bridgehead atoms. The van der Waals surface area contributed by atoms with Crippen LogP contribution in [-0.4, -0.2) is 19.9 Å². The molecule has 2 heterocycles. The molecule has 6 aromatic carbocycles. The topological polar surface area (TPSA) is 51.6 Å². The Balaban J connectivity index is 1.16. The Morgan fingerprint density at radius 1 is 0.349 bits per heavy atom. The maximum atomic E-state index is 4.90. The first-order valence-electron chi connectivity index (χ1n) is 14.1. The zero-order chi connectivity index (χ0) is 28.6. The van der Waals surface area contributed by atoms with Gasteiger partial charge in [0.1, 0.15) is 5.01 Å². The zero-order valence-electron chi connectivity index (χ0n) is 23.1. The maximum Gasteiger partial charge on any atom is 0.164 e. The Morgan fingerprint density at radius 2 is 0.814 bits per heavy atom. The number of nitrogens with zero attached hydrogens (tertiary/aromatic N) is 4. The van der Waals surface area contributed by atoms with Crippen molar-refractivity contribution in [3.63, 3.8) is 0 Å². The van der Waals surface area contributed by atoms with Crippen LogP contribution in [0.5, 0.6) is 0 Å². The van der Waals surface area contributed by atoms with Crippen molar-refractivity contribution in [2.75, 3.05) is 0 Å². The summed E-state index contributed by atoms with van der Waals surface area (Å²) in [7, 11) is 0. The second-order valence-corrected chi connectivity index (χ2v) is 11.4. The van der Waals surface area contributed by atoms with Crippen LogP contribution in [0.3, 0.4) is 0 Å². The molecule has 5 heteroatoms. The van der Waals surface area contributed by atoms with E-state index in [4.69, 9.17) is 19.9 Å². The first-order chi connectivity index (χ1) is 21.3. The summed E-state index contributed by atoms with van der Waals surface area (Å²) in [5.41, 5.74) is 7.41. The predicted molar refractivity (Wildman–Crippen MR) is 178 cm³/mol. The van der Waals surface area contributed by atoms with Crippen LogP contribution in [-0.2, 0) is 0 Å². The van der Waals surface area contributed by atoms with E-state index >= 15 is 0 Å². The van der Waals surface area contributed by atoms with E-state index in [1.165, 1.54) is 15.8 Å². The Bertz CT molecular complexity index is 2170. The van der Waals surface area contributed by atoms with Gasteiger partial charge in [-0.1, -0.05) is 121 Å². The van der Waals surface area contributed by atoms with Crippen molar-refractivity contribution in [3.8, 4) is 55.9 Å². The summed E-state index contributed by atoms with van der Waals surface area (Å²) in [4.78, 5) is 19.5. The van der Waals surface area contributed by atoms with Gasteiger partial charge in [-0.25, -0.2) is 19.9 Å². The molecule has 0 spiro atoms. The minimum absolute atomic E-state index is 0.656. The molecular formula is C38H24N4S. The molecule has 0 fully saturated rings. The molecule has 202 valence electrons. The van der Waals surface area contributed by atoms with Gasteiger partial charge in [-0.15, -0.1) is 11.3 Å². The molecule has 0 saturated carbocycles. The van der Waals surface area contributed by atoms with Crippen molar-refractivity contribution < 1.29 is 0 Å². The largest absolute Gasteiger partial charge is 0.236 e. The summed E-state index contributed by atoms with van der Waals surface area (Å²) in [6.45, 7) is 0. The number of fused-ring (bicyclic) bond motifs is 2. The van der Waals surface area contributed by atoms with E-state index in [-0.39, 0.29) is 0 Å². The van der Waals surface area contributed by atoms with E-state index in [0.717, 1.165) is 43.6 Å². The standard InChI is InChI=1S/C38H24N4S/c1-4-10-25(11-5-1)35-40-36(26-12-6-2-7-13-26)42-37(41-35)32-19-18-28-22-29(16-17-30(28)23-32)31-20-21-33-34(24-31)43-38(39-33)27-14-8-3-9-15-27/h1-24H. The number of benzene rings is 6. The van der Waals surface area contributed by atoms with Gasteiger partial charge in [0.15, 0.2) is 17.5 Å². The number of thiazole rings is 1. The molecule has 0 aliphatic carbocycles. The van der Waals surface area contributed by atoms with Gasteiger partial charge in [-0.2, -0.15) is 0 Å². The third-order valence-electron chi connectivity index (χ3n) is 7.54. The van der Waals surface area contributed by atoms with E-state index in [2.05, 4.69) is 78.9 Å². The van der Waals surface area contributed by atoms with Crippen LogP contribution in [0.1, 0.15) is 0 Å². The van der Waals surface area contributed by atoms with Gasteiger partial charge >= 0.3 is 0 Å². The van der Waals surface area contributed by atoms with E-state index in [9.17, 15) is 0 Å². The second kappa shape index (κ2) is 10.7. The molecule has 2 aromatic heterocycles. The van der Waals surface area contributed by atoms with E-state index < -0.39 is 0 Å². The highest BCUT2D eigenvalue weighted by Crippen LogP contribution is 2.34. The number of hydrogen-bond donors (Lipinski definition) is 0. The molecule has 8 rings (SSSR count). The van der Waals surface area contributed by atoms with Crippen LogP contribution in [0.25, 0.3) is 76.9 Å². The average Bonchev–Trinajstić information content (AvgIpc) is 3.53. The zero-order valence-corrected chi connectivity index (χ0v) is 23.9. The van der Waals surface area contributed by atoms with Crippen LogP contribution >= 0.6 is 11.3 Å². The normalized spacial score (nSPS) is 11.3. The van der Waals surface area contributed by atoms with Crippen LogP contribution in [0, 0.1) is 0 Å². The second-order valence-electron chi connectivity index (χ2n) is 10.4. The molecule has 0 amide bonds. The van der Waals surface area contributed by atoms with Gasteiger partial charge in [-0.05, 0) is 46.2 Å². The third kappa shape index (κ3) is 4.96. The van der Waals surface area contributed by atoms with Gasteiger partial charge < -0.3 is 0 Å². The Labute approximate surface area is 253 Å². The lowest BCUT2D eigenvalue weighted by molar-refractivity contribution is 1.07. The van der Waals surface area contributed by atoms with Crippen LogP contribution < -0.4 is 0 Å². The lowest BCUT2D eigenvalue weighted by Crippen LogP contribution is -2.00. The van der Waals surface area contributed by atoms with Crippen molar-refractivity contribution in [1.29, 1.82) is 0 Å². The summed E-state index contributed by atoms with van der Waals surface area (Å²) in [5.74, 6) is 1.98. The summed E-state index contributed by atoms with van der Waals surface area (Å²) < 4.78 is 1.19. The average molecular weight is 569 g/mol. The monoisotopic (exact) mass is 568 g/mol. The molecule has 0 radical (unpaired) electrons. The molecular weight excluding hydrogens is 545 g/mol. The fourth-order valence-corrected chi connectivity index (χ4v) is 6.32. The lowest BCUT2D eigenvalue weighted by Gasteiger charge is -2.10. The molecule has 0 unspecified atom stereocenters. The third-order valence-corrected chi connectivity index (χ3v) is 8.61. The molecule has 0 N–H and O–H groups in total. The summed E-state index contributed by atoms with van der Waals surface area (Å²) in [5, 5.41) is 3.34. The quantitative estimate of drug-likeness (QED) is 0.207. The van der Waals surface area contributed by atoms with E-state index in [1.54, 1.807) is 11.3 Å². The minimum Gasteiger partial charge on any atom is -0.236 e. The molecule has 8 aromatic rings. The molecule has 4 nitrogen and oxygen atoms in total. The SMILES string of the molecule is c1ccc(-c2nc(-c3ccccc3)nc(-c3ccc4cc(-c5ccc6nc(-c7ccccc7)sc6c5)ccc4c3)n2)cc1. The van der Waals surface area contributed by atoms with Gasteiger partial charge in [0.05, 0.1) is 10.2 Å². The molecule has 0 aliphatic heterocycles. The van der Waals surface area contributed by atoms with Crippen molar-refractivity contribution in [2.24, 2.45) is 0 Å². The molecule has 0 aliphatic rings.